The Morgan fingerprint density at radius 2 is 2.10 bits per heavy atom. The maximum Gasteiger partial charge on any atom is 0.446 e. The second-order valence-electron chi connectivity index (χ2n) is 3.27. The lowest BCUT2D eigenvalue weighted by Crippen LogP contribution is -2.08. The molecule has 6 nitrogen and oxygen atoms in total. The Labute approximate surface area is 114 Å². The second kappa shape index (κ2) is 5.79. The zero-order valence-electron chi connectivity index (χ0n) is 9.72. The Bertz CT molecular complexity index is 610. The van der Waals surface area contributed by atoms with E-state index >= 15 is 0 Å². The van der Waals surface area contributed by atoms with E-state index in [4.69, 9.17) is 5.26 Å². The fraction of sp³-hybridized carbons (Fsp3) is 0.200. The molecule has 1 rings (SSSR count). The number of methoxy groups -OCH3 is 1. The summed E-state index contributed by atoms with van der Waals surface area (Å²) in [5, 5.41) is 19.6. The average Bonchev–Trinajstić information content (AvgIpc) is 2.35. The van der Waals surface area contributed by atoms with Gasteiger partial charge in [-0.15, -0.1) is 0 Å². The first kappa shape index (κ1) is 15.8. The first-order valence-electron chi connectivity index (χ1n) is 4.76. The minimum Gasteiger partial charge on any atom is -0.465 e. The van der Waals surface area contributed by atoms with E-state index in [1.807, 2.05) is 0 Å². The molecule has 0 unspecified atom stereocenters. The molecule has 0 atom stereocenters. The molecule has 106 valence electrons. The van der Waals surface area contributed by atoms with Crippen LogP contribution >= 0.6 is 11.8 Å². The van der Waals surface area contributed by atoms with Crippen LogP contribution in [0.2, 0.25) is 0 Å². The molecular formula is C10H5F3N2O4S. The minimum absolute atomic E-state index is 0.502. The Morgan fingerprint density at radius 3 is 2.50 bits per heavy atom. The van der Waals surface area contributed by atoms with Crippen molar-refractivity contribution in [2.75, 3.05) is 7.11 Å². The van der Waals surface area contributed by atoms with Crippen LogP contribution in [0, 0.1) is 21.4 Å². The third-order valence-corrected chi connectivity index (χ3v) is 2.84. The number of benzene rings is 1. The number of ether oxygens (including phenoxy) is 1. The van der Waals surface area contributed by atoms with E-state index in [-0.39, 0.29) is 0 Å². The van der Waals surface area contributed by atoms with Gasteiger partial charge < -0.3 is 4.74 Å². The number of carbonyl (C=O) groups excluding carboxylic acids is 1. The molecule has 0 saturated heterocycles. The van der Waals surface area contributed by atoms with Gasteiger partial charge in [0.2, 0.25) is 0 Å². The number of thioether (sulfide) groups is 1. The third kappa shape index (κ3) is 3.61. The van der Waals surface area contributed by atoms with E-state index in [1.165, 1.54) is 6.07 Å². The monoisotopic (exact) mass is 306 g/mol. The highest BCUT2D eigenvalue weighted by Crippen LogP contribution is 2.40. The fourth-order valence-electron chi connectivity index (χ4n) is 1.29. The number of hydrogen-bond acceptors (Lipinski definition) is 6. The summed E-state index contributed by atoms with van der Waals surface area (Å²) in [7, 11) is 0.955. The molecule has 0 spiro atoms. The van der Waals surface area contributed by atoms with Crippen molar-refractivity contribution in [1.82, 2.24) is 0 Å². The molecule has 0 aliphatic heterocycles. The molecule has 0 fully saturated rings. The van der Waals surface area contributed by atoms with E-state index in [9.17, 15) is 28.1 Å². The molecule has 0 amide bonds. The van der Waals surface area contributed by atoms with Gasteiger partial charge in [-0.3, -0.25) is 10.1 Å². The molecule has 10 heteroatoms. The Morgan fingerprint density at radius 1 is 1.50 bits per heavy atom. The maximum absolute atomic E-state index is 12.3. The van der Waals surface area contributed by atoms with Gasteiger partial charge >= 0.3 is 11.5 Å². The van der Waals surface area contributed by atoms with Gasteiger partial charge in [0, 0.05) is 11.0 Å². The van der Waals surface area contributed by atoms with Gasteiger partial charge in [-0.1, -0.05) is 0 Å². The average molecular weight is 306 g/mol. The highest BCUT2D eigenvalue weighted by atomic mass is 32.2. The van der Waals surface area contributed by atoms with Crippen LogP contribution in [-0.2, 0) is 4.74 Å². The van der Waals surface area contributed by atoms with Gasteiger partial charge in [-0.25, -0.2) is 4.79 Å². The number of alkyl halides is 3. The van der Waals surface area contributed by atoms with Crippen molar-refractivity contribution in [3.63, 3.8) is 0 Å². The van der Waals surface area contributed by atoms with Crippen LogP contribution in [0.3, 0.4) is 0 Å². The van der Waals surface area contributed by atoms with Crippen molar-refractivity contribution in [2.45, 2.75) is 10.4 Å². The smallest absolute Gasteiger partial charge is 0.446 e. The molecule has 0 aromatic heterocycles. The number of rotatable bonds is 3. The van der Waals surface area contributed by atoms with Crippen molar-refractivity contribution in [2.24, 2.45) is 0 Å². The predicted molar refractivity (Wildman–Crippen MR) is 61.1 cm³/mol. The number of esters is 1. The normalized spacial score (nSPS) is 10.8. The number of nitro benzene ring substituents is 1. The molecule has 1 aromatic carbocycles. The fourth-order valence-corrected chi connectivity index (χ4v) is 1.92. The van der Waals surface area contributed by atoms with Gasteiger partial charge in [0.1, 0.15) is 11.6 Å². The summed E-state index contributed by atoms with van der Waals surface area (Å²) in [4.78, 5) is 20.4. The molecule has 0 bridgehead atoms. The lowest BCUT2D eigenvalue weighted by Gasteiger charge is -2.09. The summed E-state index contributed by atoms with van der Waals surface area (Å²) in [6.45, 7) is 0. The zero-order chi connectivity index (χ0) is 15.5. The summed E-state index contributed by atoms with van der Waals surface area (Å²) >= 11 is -0.668. The number of carbonyl (C=O) groups is 1. The Hall–Kier alpha value is -2.28. The van der Waals surface area contributed by atoms with E-state index in [2.05, 4.69) is 4.74 Å². The molecule has 1 aromatic rings. The van der Waals surface area contributed by atoms with Crippen LogP contribution in [0.25, 0.3) is 0 Å². The Kier molecular flexibility index (Phi) is 4.57. The highest BCUT2D eigenvalue weighted by Gasteiger charge is 2.33. The van der Waals surface area contributed by atoms with E-state index < -0.39 is 49.9 Å². The van der Waals surface area contributed by atoms with E-state index in [1.54, 1.807) is 0 Å². The molecule has 0 saturated carbocycles. The topological polar surface area (TPSA) is 93.2 Å². The van der Waals surface area contributed by atoms with Crippen molar-refractivity contribution in [3.8, 4) is 6.07 Å². The summed E-state index contributed by atoms with van der Waals surface area (Å²) in [6.07, 6.45) is 0. The van der Waals surface area contributed by atoms with Crippen LogP contribution < -0.4 is 0 Å². The third-order valence-electron chi connectivity index (χ3n) is 2.05. The molecule has 0 aliphatic rings. The lowest BCUT2D eigenvalue weighted by atomic mass is 10.1. The van der Waals surface area contributed by atoms with Crippen molar-refractivity contribution < 1.29 is 27.6 Å². The quantitative estimate of drug-likeness (QED) is 0.369. The number of hydrogen-bond donors (Lipinski definition) is 0. The number of nitriles is 1. The summed E-state index contributed by atoms with van der Waals surface area (Å²) in [6, 6.07) is 2.69. The van der Waals surface area contributed by atoms with Crippen molar-refractivity contribution in [1.29, 1.82) is 5.26 Å². The zero-order valence-corrected chi connectivity index (χ0v) is 10.5. The summed E-state index contributed by atoms with van der Waals surface area (Å²) in [5.41, 5.74) is -6.66. The first-order valence-corrected chi connectivity index (χ1v) is 5.58. The van der Waals surface area contributed by atoms with Gasteiger partial charge in [-0.05, 0) is 17.8 Å². The van der Waals surface area contributed by atoms with Crippen LogP contribution in [-0.4, -0.2) is 23.5 Å². The van der Waals surface area contributed by atoms with Crippen molar-refractivity contribution >= 4 is 23.4 Å². The van der Waals surface area contributed by atoms with Gasteiger partial charge in [0.25, 0.3) is 5.69 Å². The second-order valence-corrected chi connectivity index (χ2v) is 4.38. The highest BCUT2D eigenvalue weighted by molar-refractivity contribution is 8.00. The summed E-state index contributed by atoms with van der Waals surface area (Å²) in [5.74, 6) is -1.11. The van der Waals surface area contributed by atoms with Crippen LogP contribution in [0.1, 0.15) is 15.9 Å². The largest absolute Gasteiger partial charge is 0.465 e. The van der Waals surface area contributed by atoms with Crippen molar-refractivity contribution in [3.05, 3.63) is 33.4 Å². The standard InChI is InChI=1S/C10H5F3N2O4S/c1-19-9(16)6-2-5(4-14)8(20-10(11,12)13)3-7(6)15(17)18/h2-3H,1H3. The lowest BCUT2D eigenvalue weighted by molar-refractivity contribution is -0.385. The van der Waals surface area contributed by atoms with Gasteiger partial charge in [0.15, 0.2) is 0 Å². The van der Waals surface area contributed by atoms with Crippen LogP contribution in [0.4, 0.5) is 18.9 Å². The van der Waals surface area contributed by atoms with Crippen LogP contribution in [0.5, 0.6) is 0 Å². The SMILES string of the molecule is COC(=O)c1cc(C#N)c(SC(F)(F)F)cc1[N+](=O)[O-]. The molecule has 0 radical (unpaired) electrons. The maximum atomic E-state index is 12.3. The Balaban J connectivity index is 3.50. The van der Waals surface area contributed by atoms with E-state index in [0.717, 1.165) is 7.11 Å². The van der Waals surface area contributed by atoms with Gasteiger partial charge in [-0.2, -0.15) is 18.4 Å². The van der Waals surface area contributed by atoms with Gasteiger partial charge in [0.05, 0.1) is 17.6 Å². The minimum atomic E-state index is -4.72. The molecule has 0 N–H and O–H groups in total. The van der Waals surface area contributed by atoms with Crippen LogP contribution in [0.15, 0.2) is 17.0 Å². The predicted octanol–water partition coefficient (Wildman–Crippen LogP) is 2.86. The first-order chi connectivity index (χ1) is 9.19. The number of halogens is 3. The summed E-state index contributed by atoms with van der Waals surface area (Å²) < 4.78 is 41.2. The van der Waals surface area contributed by atoms with E-state index in [0.29, 0.717) is 12.1 Å². The number of nitrogens with zero attached hydrogens (tertiary/aromatic N) is 2. The molecular weight excluding hydrogens is 301 g/mol. The molecule has 0 heterocycles. The molecule has 0 aliphatic carbocycles. The number of nitro groups is 1. The molecule has 20 heavy (non-hydrogen) atoms.